The predicted molar refractivity (Wildman–Crippen MR) is 99.9 cm³/mol. The Kier molecular flexibility index (Phi) is 4.46. The van der Waals surface area contributed by atoms with Crippen LogP contribution in [0.3, 0.4) is 0 Å². The van der Waals surface area contributed by atoms with E-state index in [1.165, 1.54) is 24.8 Å². The van der Waals surface area contributed by atoms with Crippen LogP contribution >= 0.6 is 23.2 Å². The van der Waals surface area contributed by atoms with Crippen LogP contribution in [0.25, 0.3) is 0 Å². The topological polar surface area (TPSA) is 21.3 Å². The molecule has 1 heterocycles. The molecule has 4 heteroatoms. The second-order valence-corrected chi connectivity index (χ2v) is 7.70. The van der Waals surface area contributed by atoms with Crippen LogP contribution in [-0.2, 0) is 10.3 Å². The van der Waals surface area contributed by atoms with E-state index in [4.69, 9.17) is 27.9 Å². The molecule has 2 fully saturated rings. The van der Waals surface area contributed by atoms with Gasteiger partial charge >= 0.3 is 0 Å². The molecule has 3 atom stereocenters. The Labute approximate surface area is 153 Å². The summed E-state index contributed by atoms with van der Waals surface area (Å²) in [7, 11) is 0. The highest BCUT2D eigenvalue weighted by Gasteiger charge is 2.51. The number of nitrogens with one attached hydrogen (secondary N) is 1. The molecule has 0 spiro atoms. The van der Waals surface area contributed by atoms with Crippen LogP contribution in [0.1, 0.15) is 31.2 Å². The number of hydrogen-bond donors (Lipinski definition) is 1. The van der Waals surface area contributed by atoms with Crippen molar-refractivity contribution in [2.24, 2.45) is 5.92 Å². The first-order chi connectivity index (χ1) is 11.7. The maximum atomic E-state index is 6.45. The summed E-state index contributed by atoms with van der Waals surface area (Å²) in [6.07, 6.45) is 4.76. The second kappa shape index (κ2) is 6.59. The van der Waals surface area contributed by atoms with Crippen molar-refractivity contribution >= 4 is 28.9 Å². The van der Waals surface area contributed by atoms with Crippen molar-refractivity contribution in [2.75, 3.05) is 11.9 Å². The zero-order valence-corrected chi connectivity index (χ0v) is 15.0. The fourth-order valence-corrected chi connectivity index (χ4v) is 4.91. The minimum absolute atomic E-state index is 0.153. The molecule has 1 aliphatic heterocycles. The van der Waals surface area contributed by atoms with Gasteiger partial charge in [-0.25, -0.2) is 0 Å². The van der Waals surface area contributed by atoms with Gasteiger partial charge in [0, 0.05) is 21.7 Å². The summed E-state index contributed by atoms with van der Waals surface area (Å²) >= 11 is 12.3. The molecule has 126 valence electrons. The Morgan fingerprint density at radius 3 is 2.50 bits per heavy atom. The summed E-state index contributed by atoms with van der Waals surface area (Å²) in [6, 6.07) is 16.6. The van der Waals surface area contributed by atoms with Crippen LogP contribution < -0.4 is 5.32 Å². The van der Waals surface area contributed by atoms with Gasteiger partial charge in [0.2, 0.25) is 0 Å². The van der Waals surface area contributed by atoms with Crippen LogP contribution in [0, 0.1) is 5.92 Å². The van der Waals surface area contributed by atoms with Crippen LogP contribution in [-0.4, -0.2) is 12.6 Å². The van der Waals surface area contributed by atoms with E-state index in [2.05, 4.69) is 35.6 Å². The third kappa shape index (κ3) is 2.92. The fraction of sp³-hybridized carbons (Fsp3) is 0.400. The lowest BCUT2D eigenvalue weighted by Crippen LogP contribution is -2.40. The largest absolute Gasteiger partial charge is 0.379 e. The molecule has 1 N–H and O–H groups in total. The molecular formula is C20H21Cl2NO. The van der Waals surface area contributed by atoms with Crippen molar-refractivity contribution in [3.63, 3.8) is 0 Å². The van der Waals surface area contributed by atoms with E-state index < -0.39 is 0 Å². The minimum atomic E-state index is -0.153. The fourth-order valence-electron chi connectivity index (χ4n) is 4.39. The number of hydrogen-bond acceptors (Lipinski definition) is 2. The van der Waals surface area contributed by atoms with Gasteiger partial charge in [0.25, 0.3) is 0 Å². The molecule has 0 bridgehead atoms. The monoisotopic (exact) mass is 361 g/mol. The molecule has 4 rings (SSSR count). The number of ether oxygens (including phenoxy) is 1. The van der Waals surface area contributed by atoms with Gasteiger partial charge < -0.3 is 10.1 Å². The zero-order chi connectivity index (χ0) is 16.6. The maximum absolute atomic E-state index is 6.45. The average molecular weight is 362 g/mol. The lowest BCUT2D eigenvalue weighted by molar-refractivity contribution is -0.0501. The SMILES string of the molecule is Clc1cc(Cl)cc(NC2COC3(c4ccccc4)CCCCC23)c1. The van der Waals surface area contributed by atoms with Gasteiger partial charge in [-0.3, -0.25) is 0 Å². The highest BCUT2D eigenvalue weighted by molar-refractivity contribution is 6.35. The van der Waals surface area contributed by atoms with Crippen molar-refractivity contribution in [1.29, 1.82) is 0 Å². The summed E-state index contributed by atoms with van der Waals surface area (Å²) in [4.78, 5) is 0. The standard InChI is InChI=1S/C20H21Cl2NO/c21-15-10-16(22)12-17(11-15)23-19-13-24-20(9-5-4-8-18(19)20)14-6-2-1-3-7-14/h1-3,6-7,10-12,18-19,23H,4-5,8-9,13H2. The van der Waals surface area contributed by atoms with Gasteiger partial charge in [0.1, 0.15) is 0 Å². The van der Waals surface area contributed by atoms with Crippen molar-refractivity contribution in [2.45, 2.75) is 37.3 Å². The highest BCUT2D eigenvalue weighted by Crippen LogP contribution is 2.51. The molecule has 2 aromatic rings. The molecule has 24 heavy (non-hydrogen) atoms. The summed E-state index contributed by atoms with van der Waals surface area (Å²) < 4.78 is 6.45. The maximum Gasteiger partial charge on any atom is 0.0980 e. The Hall–Kier alpha value is -1.22. The molecular weight excluding hydrogens is 341 g/mol. The smallest absolute Gasteiger partial charge is 0.0980 e. The number of anilines is 1. The van der Waals surface area contributed by atoms with E-state index in [-0.39, 0.29) is 11.6 Å². The normalized spacial score (nSPS) is 29.2. The van der Waals surface area contributed by atoms with Gasteiger partial charge in [-0.2, -0.15) is 0 Å². The van der Waals surface area contributed by atoms with Crippen molar-refractivity contribution in [1.82, 2.24) is 0 Å². The predicted octanol–water partition coefficient (Wildman–Crippen LogP) is 5.89. The summed E-state index contributed by atoms with van der Waals surface area (Å²) in [5, 5.41) is 4.93. The van der Waals surface area contributed by atoms with Crippen LogP contribution in [0.2, 0.25) is 10.0 Å². The van der Waals surface area contributed by atoms with Gasteiger partial charge in [-0.1, -0.05) is 66.4 Å². The number of benzene rings is 2. The van der Waals surface area contributed by atoms with E-state index >= 15 is 0 Å². The molecule has 1 saturated heterocycles. The quantitative estimate of drug-likeness (QED) is 0.735. The zero-order valence-electron chi connectivity index (χ0n) is 13.5. The van der Waals surface area contributed by atoms with Crippen molar-refractivity contribution < 1.29 is 4.74 Å². The first kappa shape index (κ1) is 16.3. The number of halogens is 2. The molecule has 1 saturated carbocycles. The van der Waals surface area contributed by atoms with Crippen LogP contribution in [0.4, 0.5) is 5.69 Å². The molecule has 0 amide bonds. The van der Waals surface area contributed by atoms with Crippen molar-refractivity contribution in [3.8, 4) is 0 Å². The van der Waals surface area contributed by atoms with Crippen LogP contribution in [0.5, 0.6) is 0 Å². The molecule has 0 aromatic heterocycles. The third-order valence-electron chi connectivity index (χ3n) is 5.40. The van der Waals surface area contributed by atoms with E-state index in [1.807, 2.05) is 12.1 Å². The lowest BCUT2D eigenvalue weighted by atomic mass is 9.70. The van der Waals surface area contributed by atoms with Crippen LogP contribution in [0.15, 0.2) is 48.5 Å². The molecule has 2 nitrogen and oxygen atoms in total. The summed E-state index contributed by atoms with van der Waals surface area (Å²) in [5.74, 6) is 0.464. The van der Waals surface area contributed by atoms with E-state index in [9.17, 15) is 0 Å². The molecule has 3 unspecified atom stereocenters. The van der Waals surface area contributed by atoms with Gasteiger partial charge in [-0.15, -0.1) is 0 Å². The summed E-state index contributed by atoms with van der Waals surface area (Å²) in [6.45, 7) is 0.712. The Morgan fingerprint density at radius 1 is 1.00 bits per heavy atom. The lowest BCUT2D eigenvalue weighted by Gasteiger charge is -2.40. The van der Waals surface area contributed by atoms with Gasteiger partial charge in [-0.05, 0) is 36.6 Å². The number of rotatable bonds is 3. The Balaban J connectivity index is 1.62. The molecule has 2 aromatic carbocycles. The Morgan fingerprint density at radius 2 is 1.75 bits per heavy atom. The molecule has 1 aliphatic carbocycles. The Bertz CT molecular complexity index is 701. The minimum Gasteiger partial charge on any atom is -0.379 e. The average Bonchev–Trinajstić information content (AvgIpc) is 2.95. The number of fused-ring (bicyclic) bond motifs is 1. The first-order valence-corrected chi connectivity index (χ1v) is 9.35. The van der Waals surface area contributed by atoms with Gasteiger partial charge in [0.05, 0.1) is 18.2 Å². The summed E-state index contributed by atoms with van der Waals surface area (Å²) in [5.41, 5.74) is 2.12. The van der Waals surface area contributed by atoms with E-state index in [1.54, 1.807) is 6.07 Å². The van der Waals surface area contributed by atoms with Crippen molar-refractivity contribution in [3.05, 3.63) is 64.1 Å². The van der Waals surface area contributed by atoms with Gasteiger partial charge in [0.15, 0.2) is 0 Å². The molecule has 2 aliphatic rings. The highest BCUT2D eigenvalue weighted by atomic mass is 35.5. The third-order valence-corrected chi connectivity index (χ3v) is 5.83. The molecule has 0 radical (unpaired) electrons. The van der Waals surface area contributed by atoms with E-state index in [0.29, 0.717) is 22.6 Å². The second-order valence-electron chi connectivity index (χ2n) is 6.83. The first-order valence-electron chi connectivity index (χ1n) is 8.59. The van der Waals surface area contributed by atoms with E-state index in [0.717, 1.165) is 12.1 Å².